The fourth-order valence-electron chi connectivity index (χ4n) is 0.963. The van der Waals surface area contributed by atoms with Gasteiger partial charge in [-0.15, -0.1) is 0 Å². The predicted octanol–water partition coefficient (Wildman–Crippen LogP) is -0.0886. The summed E-state index contributed by atoms with van der Waals surface area (Å²) in [7, 11) is 0. The molecule has 0 amide bonds. The molecule has 0 aromatic rings. The van der Waals surface area contributed by atoms with Crippen molar-refractivity contribution in [2.75, 3.05) is 13.1 Å². The maximum Gasteiger partial charge on any atom is 0.302 e. The Bertz CT molecular complexity index is 108. The third-order valence-corrected chi connectivity index (χ3v) is 1.35. The fourth-order valence-corrected chi connectivity index (χ4v) is 0.963. The van der Waals surface area contributed by atoms with Crippen LogP contribution in [-0.2, 0) is 9.53 Å². The summed E-state index contributed by atoms with van der Waals surface area (Å²) < 4.78 is 4.91. The molecule has 1 aliphatic heterocycles. The Balaban J connectivity index is 2.19. The summed E-state index contributed by atoms with van der Waals surface area (Å²) in [6.07, 6.45) is 1.09. The molecule has 0 bridgehead atoms. The molecule has 1 aliphatic rings. The van der Waals surface area contributed by atoms with E-state index in [0.29, 0.717) is 0 Å². The number of hydrogen-bond donors (Lipinski definition) is 1. The number of rotatable bonds is 1. The lowest BCUT2D eigenvalue weighted by molar-refractivity contribution is -0.145. The first-order valence-corrected chi connectivity index (χ1v) is 3.17. The number of nitrogens with one attached hydrogen (secondary N) is 1. The Labute approximate surface area is 54.4 Å². The highest BCUT2D eigenvalue weighted by atomic mass is 16.5. The quantitative estimate of drug-likeness (QED) is 0.503. The molecule has 1 atom stereocenters. The molecule has 1 heterocycles. The van der Waals surface area contributed by atoms with E-state index < -0.39 is 0 Å². The van der Waals surface area contributed by atoms with Crippen LogP contribution in [0.5, 0.6) is 0 Å². The summed E-state index contributed by atoms with van der Waals surface area (Å²) in [5, 5.41) is 3.10. The first-order chi connectivity index (χ1) is 4.29. The highest BCUT2D eigenvalue weighted by molar-refractivity contribution is 5.66. The molecular weight excluding hydrogens is 118 g/mol. The zero-order valence-electron chi connectivity index (χ0n) is 5.52. The minimum atomic E-state index is -0.177. The highest BCUT2D eigenvalue weighted by Crippen LogP contribution is 2.02. The Hall–Kier alpha value is -0.570. The highest BCUT2D eigenvalue weighted by Gasteiger charge is 2.15. The first-order valence-electron chi connectivity index (χ1n) is 3.17. The third-order valence-electron chi connectivity index (χ3n) is 1.35. The van der Waals surface area contributed by atoms with Gasteiger partial charge in [0, 0.05) is 13.5 Å². The van der Waals surface area contributed by atoms with E-state index in [9.17, 15) is 4.79 Å². The predicted molar refractivity (Wildman–Crippen MR) is 33.0 cm³/mol. The normalized spacial score (nSPS) is 26.1. The molecule has 0 aromatic carbocycles. The van der Waals surface area contributed by atoms with Crippen molar-refractivity contribution in [3.05, 3.63) is 0 Å². The van der Waals surface area contributed by atoms with Gasteiger partial charge in [0.15, 0.2) is 0 Å². The fraction of sp³-hybridized carbons (Fsp3) is 0.833. The lowest BCUT2D eigenvalue weighted by Crippen LogP contribution is -2.18. The summed E-state index contributed by atoms with van der Waals surface area (Å²) >= 11 is 0. The van der Waals surface area contributed by atoms with Crippen molar-refractivity contribution in [2.45, 2.75) is 19.4 Å². The van der Waals surface area contributed by atoms with Gasteiger partial charge in [-0.05, 0) is 13.0 Å². The third kappa shape index (κ3) is 2.01. The average molecular weight is 129 g/mol. The lowest BCUT2D eigenvalue weighted by atomic mass is 10.3. The van der Waals surface area contributed by atoms with Gasteiger partial charge < -0.3 is 10.1 Å². The number of carbonyl (C=O) groups excluding carboxylic acids is 1. The van der Waals surface area contributed by atoms with Crippen LogP contribution in [0, 0.1) is 0 Å². The van der Waals surface area contributed by atoms with Gasteiger partial charge >= 0.3 is 5.97 Å². The van der Waals surface area contributed by atoms with Gasteiger partial charge in [0.1, 0.15) is 6.10 Å². The lowest BCUT2D eigenvalue weighted by Gasteiger charge is -2.06. The van der Waals surface area contributed by atoms with E-state index in [-0.39, 0.29) is 12.1 Å². The van der Waals surface area contributed by atoms with Crippen molar-refractivity contribution in [2.24, 2.45) is 0 Å². The molecule has 1 fully saturated rings. The van der Waals surface area contributed by atoms with Gasteiger partial charge in [-0.2, -0.15) is 0 Å². The van der Waals surface area contributed by atoms with Gasteiger partial charge in [-0.25, -0.2) is 0 Å². The number of ether oxygens (including phenoxy) is 1. The van der Waals surface area contributed by atoms with Crippen molar-refractivity contribution < 1.29 is 9.53 Å². The topological polar surface area (TPSA) is 38.3 Å². The number of esters is 1. The summed E-state index contributed by atoms with van der Waals surface area (Å²) in [5.74, 6) is -0.177. The molecule has 3 nitrogen and oxygen atoms in total. The second-order valence-electron chi connectivity index (χ2n) is 2.22. The van der Waals surface area contributed by atoms with Crippen LogP contribution in [0.1, 0.15) is 13.3 Å². The maximum absolute atomic E-state index is 10.3. The molecule has 52 valence electrons. The van der Waals surface area contributed by atoms with Crippen LogP contribution in [0.4, 0.5) is 0 Å². The molecule has 1 rings (SSSR count). The SMILES string of the molecule is CC(=O)O[C@H]1CCNC1. The van der Waals surface area contributed by atoms with E-state index >= 15 is 0 Å². The molecule has 0 saturated carbocycles. The van der Waals surface area contributed by atoms with Gasteiger partial charge in [0.2, 0.25) is 0 Å². The molecule has 9 heavy (non-hydrogen) atoms. The van der Waals surface area contributed by atoms with E-state index in [1.165, 1.54) is 6.92 Å². The van der Waals surface area contributed by atoms with Gasteiger partial charge in [-0.3, -0.25) is 4.79 Å². The summed E-state index contributed by atoms with van der Waals surface area (Å²) in [6, 6.07) is 0. The number of hydrogen-bond acceptors (Lipinski definition) is 3. The molecule has 0 spiro atoms. The van der Waals surface area contributed by atoms with E-state index in [1.54, 1.807) is 0 Å². The summed E-state index contributed by atoms with van der Waals surface area (Å²) in [5.41, 5.74) is 0. The van der Waals surface area contributed by atoms with Crippen LogP contribution < -0.4 is 5.32 Å². The van der Waals surface area contributed by atoms with Crippen molar-refractivity contribution >= 4 is 5.97 Å². The smallest absolute Gasteiger partial charge is 0.302 e. The second kappa shape index (κ2) is 2.82. The van der Waals surface area contributed by atoms with E-state index in [4.69, 9.17) is 4.74 Å². The van der Waals surface area contributed by atoms with Crippen molar-refractivity contribution in [3.63, 3.8) is 0 Å². The minimum Gasteiger partial charge on any atom is -0.461 e. The standard InChI is InChI=1S/C6H11NO2/c1-5(8)9-6-2-3-7-4-6/h6-7H,2-4H2,1H3/t6-/m0/s1. The summed E-state index contributed by atoms with van der Waals surface area (Å²) in [4.78, 5) is 10.3. The zero-order valence-corrected chi connectivity index (χ0v) is 5.52. The molecular formula is C6H11NO2. The monoisotopic (exact) mass is 129 g/mol. The van der Waals surface area contributed by atoms with Gasteiger partial charge in [-0.1, -0.05) is 0 Å². The van der Waals surface area contributed by atoms with Crippen molar-refractivity contribution in [3.8, 4) is 0 Å². The Morgan fingerprint density at radius 2 is 2.56 bits per heavy atom. The van der Waals surface area contributed by atoms with Gasteiger partial charge in [0.05, 0.1) is 0 Å². The van der Waals surface area contributed by atoms with E-state index in [1.807, 2.05) is 0 Å². The van der Waals surface area contributed by atoms with E-state index in [2.05, 4.69) is 5.32 Å². The van der Waals surface area contributed by atoms with Crippen molar-refractivity contribution in [1.82, 2.24) is 5.32 Å². The van der Waals surface area contributed by atoms with Crippen LogP contribution in [-0.4, -0.2) is 25.2 Å². The molecule has 0 radical (unpaired) electrons. The zero-order chi connectivity index (χ0) is 6.69. The van der Waals surface area contributed by atoms with Gasteiger partial charge in [0.25, 0.3) is 0 Å². The Morgan fingerprint density at radius 3 is 3.00 bits per heavy atom. The van der Waals surface area contributed by atoms with E-state index in [0.717, 1.165) is 19.5 Å². The van der Waals surface area contributed by atoms with Crippen LogP contribution in [0.3, 0.4) is 0 Å². The van der Waals surface area contributed by atoms with Crippen LogP contribution in [0.2, 0.25) is 0 Å². The molecule has 0 aromatic heterocycles. The molecule has 1 saturated heterocycles. The number of carbonyl (C=O) groups is 1. The summed E-state index contributed by atoms with van der Waals surface area (Å²) in [6.45, 7) is 3.23. The maximum atomic E-state index is 10.3. The van der Waals surface area contributed by atoms with Crippen LogP contribution in [0.25, 0.3) is 0 Å². The molecule has 1 N–H and O–H groups in total. The molecule has 3 heteroatoms. The van der Waals surface area contributed by atoms with Crippen molar-refractivity contribution in [1.29, 1.82) is 0 Å². The second-order valence-corrected chi connectivity index (χ2v) is 2.22. The molecule has 0 aliphatic carbocycles. The average Bonchev–Trinajstić information content (AvgIpc) is 2.15. The van der Waals surface area contributed by atoms with Crippen LogP contribution >= 0.6 is 0 Å². The largest absolute Gasteiger partial charge is 0.461 e. The minimum absolute atomic E-state index is 0.127. The van der Waals surface area contributed by atoms with Crippen LogP contribution in [0.15, 0.2) is 0 Å². The Morgan fingerprint density at radius 1 is 1.78 bits per heavy atom. The first kappa shape index (κ1) is 6.55. The molecule has 0 unspecified atom stereocenters. The Kier molecular flexibility index (Phi) is 2.05.